The molecule has 0 unspecified atom stereocenters. The standard InChI is InChI=1S/C19H16O6/c1-11-4-2-3-5-13(11)15-9-18(21)25-16-8-12(6-7-14(15)16)24-17(10-20)19(22)23/h2-9,17,20H,10H2,1H3,(H,22,23)/t17-/m1/s1. The maximum Gasteiger partial charge on any atom is 0.347 e. The number of carbonyl (C=O) groups is 1. The molecule has 0 aliphatic heterocycles. The van der Waals surface area contributed by atoms with E-state index in [0.29, 0.717) is 5.39 Å². The number of rotatable bonds is 5. The monoisotopic (exact) mass is 340 g/mol. The minimum atomic E-state index is -1.39. The summed E-state index contributed by atoms with van der Waals surface area (Å²) in [5.74, 6) is -1.09. The van der Waals surface area contributed by atoms with E-state index in [9.17, 15) is 9.59 Å². The largest absolute Gasteiger partial charge is 0.478 e. The summed E-state index contributed by atoms with van der Waals surface area (Å²) in [6.45, 7) is 1.28. The molecule has 0 saturated carbocycles. The fourth-order valence-electron chi connectivity index (χ4n) is 2.64. The number of benzene rings is 2. The van der Waals surface area contributed by atoms with Crippen LogP contribution in [0.1, 0.15) is 5.56 Å². The van der Waals surface area contributed by atoms with Gasteiger partial charge < -0.3 is 19.4 Å². The Balaban J connectivity index is 2.12. The second kappa shape index (κ2) is 6.78. The van der Waals surface area contributed by atoms with E-state index in [1.165, 1.54) is 12.1 Å². The number of aliphatic hydroxyl groups excluding tert-OH is 1. The fraction of sp³-hybridized carbons (Fsp3) is 0.158. The minimum Gasteiger partial charge on any atom is -0.478 e. The van der Waals surface area contributed by atoms with E-state index in [0.717, 1.165) is 16.7 Å². The van der Waals surface area contributed by atoms with Crippen molar-refractivity contribution in [3.05, 3.63) is 64.5 Å². The highest BCUT2D eigenvalue weighted by molar-refractivity contribution is 5.94. The van der Waals surface area contributed by atoms with E-state index in [-0.39, 0.29) is 11.3 Å². The lowest BCUT2D eigenvalue weighted by molar-refractivity contribution is -0.146. The zero-order chi connectivity index (χ0) is 18.0. The third kappa shape index (κ3) is 3.39. The highest BCUT2D eigenvalue weighted by atomic mass is 16.5. The molecule has 3 rings (SSSR count). The first kappa shape index (κ1) is 16.7. The van der Waals surface area contributed by atoms with Crippen molar-refractivity contribution in [2.24, 2.45) is 0 Å². The van der Waals surface area contributed by atoms with E-state index in [4.69, 9.17) is 19.4 Å². The molecule has 1 aromatic heterocycles. The molecule has 25 heavy (non-hydrogen) atoms. The lowest BCUT2D eigenvalue weighted by Gasteiger charge is -2.13. The topological polar surface area (TPSA) is 97.0 Å². The highest BCUT2D eigenvalue weighted by Gasteiger charge is 2.19. The molecule has 0 spiro atoms. The van der Waals surface area contributed by atoms with Crippen molar-refractivity contribution in [1.82, 2.24) is 0 Å². The van der Waals surface area contributed by atoms with Gasteiger partial charge >= 0.3 is 11.6 Å². The highest BCUT2D eigenvalue weighted by Crippen LogP contribution is 2.31. The quantitative estimate of drug-likeness (QED) is 0.693. The molecule has 128 valence electrons. The number of aliphatic hydroxyl groups is 1. The van der Waals surface area contributed by atoms with Crippen LogP contribution in [0.25, 0.3) is 22.1 Å². The fourth-order valence-corrected chi connectivity index (χ4v) is 2.64. The van der Waals surface area contributed by atoms with Crippen LogP contribution in [0.4, 0.5) is 0 Å². The molecule has 0 fully saturated rings. The van der Waals surface area contributed by atoms with Crippen molar-refractivity contribution in [1.29, 1.82) is 0 Å². The Labute approximate surface area is 142 Å². The van der Waals surface area contributed by atoms with Crippen LogP contribution in [0.15, 0.2) is 57.7 Å². The molecular formula is C19H16O6. The first-order valence-corrected chi connectivity index (χ1v) is 7.64. The first-order chi connectivity index (χ1) is 12.0. The number of hydrogen-bond acceptors (Lipinski definition) is 5. The Morgan fingerprint density at radius 2 is 1.92 bits per heavy atom. The molecule has 1 atom stereocenters. The molecule has 0 radical (unpaired) electrons. The molecule has 6 heteroatoms. The van der Waals surface area contributed by atoms with Crippen molar-refractivity contribution in [3.8, 4) is 16.9 Å². The number of ether oxygens (including phenoxy) is 1. The van der Waals surface area contributed by atoms with Crippen LogP contribution in [-0.4, -0.2) is 28.9 Å². The predicted molar refractivity (Wildman–Crippen MR) is 91.8 cm³/mol. The van der Waals surface area contributed by atoms with Crippen molar-refractivity contribution < 1.29 is 24.2 Å². The van der Waals surface area contributed by atoms with Gasteiger partial charge in [-0.3, -0.25) is 0 Å². The SMILES string of the molecule is Cc1ccccc1-c1cc(=O)oc2cc(O[C@H](CO)C(=O)O)ccc12. The van der Waals surface area contributed by atoms with Crippen molar-refractivity contribution >= 4 is 16.9 Å². The smallest absolute Gasteiger partial charge is 0.347 e. The summed E-state index contributed by atoms with van der Waals surface area (Å²) in [5, 5.41) is 18.7. The van der Waals surface area contributed by atoms with Gasteiger partial charge in [0.25, 0.3) is 0 Å². The maximum atomic E-state index is 11.9. The number of carboxylic acid groups (broad SMARTS) is 1. The zero-order valence-corrected chi connectivity index (χ0v) is 13.4. The van der Waals surface area contributed by atoms with Crippen LogP contribution >= 0.6 is 0 Å². The molecule has 2 N–H and O–H groups in total. The zero-order valence-electron chi connectivity index (χ0n) is 13.4. The van der Waals surface area contributed by atoms with Crippen LogP contribution < -0.4 is 10.4 Å². The Morgan fingerprint density at radius 1 is 1.16 bits per heavy atom. The van der Waals surface area contributed by atoms with Gasteiger partial charge in [0, 0.05) is 23.1 Å². The van der Waals surface area contributed by atoms with E-state index >= 15 is 0 Å². The summed E-state index contributed by atoms with van der Waals surface area (Å²) in [5.41, 5.74) is 2.42. The predicted octanol–water partition coefficient (Wildman–Crippen LogP) is 2.59. The summed E-state index contributed by atoms with van der Waals surface area (Å²) in [7, 11) is 0. The Hall–Kier alpha value is -3.12. The van der Waals surface area contributed by atoms with Crippen LogP contribution in [0.3, 0.4) is 0 Å². The van der Waals surface area contributed by atoms with Gasteiger partial charge in [-0.1, -0.05) is 24.3 Å². The van der Waals surface area contributed by atoms with Crippen LogP contribution in [0.2, 0.25) is 0 Å². The first-order valence-electron chi connectivity index (χ1n) is 7.64. The summed E-state index contributed by atoms with van der Waals surface area (Å²) in [6.07, 6.45) is -1.39. The molecule has 0 aliphatic rings. The molecule has 0 bridgehead atoms. The van der Waals surface area contributed by atoms with Gasteiger partial charge in [-0.05, 0) is 30.2 Å². The van der Waals surface area contributed by atoms with Gasteiger partial charge in [0.05, 0.1) is 6.61 Å². The van der Waals surface area contributed by atoms with Crippen molar-refractivity contribution in [2.45, 2.75) is 13.0 Å². The second-order valence-electron chi connectivity index (χ2n) is 5.58. The summed E-state index contributed by atoms with van der Waals surface area (Å²) in [6, 6.07) is 13.8. The molecular weight excluding hydrogens is 324 g/mol. The number of aliphatic carboxylic acids is 1. The lowest BCUT2D eigenvalue weighted by Crippen LogP contribution is -2.30. The van der Waals surface area contributed by atoms with Crippen LogP contribution in [0, 0.1) is 6.92 Å². The maximum absolute atomic E-state index is 11.9. The van der Waals surface area contributed by atoms with E-state index in [2.05, 4.69) is 0 Å². The Kier molecular flexibility index (Phi) is 4.54. The summed E-state index contributed by atoms with van der Waals surface area (Å²) in [4.78, 5) is 22.9. The molecule has 2 aromatic carbocycles. The van der Waals surface area contributed by atoms with E-state index < -0.39 is 24.3 Å². The molecule has 6 nitrogen and oxygen atoms in total. The molecule has 0 amide bonds. The van der Waals surface area contributed by atoms with Gasteiger partial charge in [0.15, 0.2) is 0 Å². The minimum absolute atomic E-state index is 0.194. The van der Waals surface area contributed by atoms with Crippen molar-refractivity contribution in [2.75, 3.05) is 6.61 Å². The summed E-state index contributed by atoms with van der Waals surface area (Å²) >= 11 is 0. The number of fused-ring (bicyclic) bond motifs is 1. The van der Waals surface area contributed by atoms with Gasteiger partial charge in [0.2, 0.25) is 6.10 Å². The number of carboxylic acids is 1. The average molecular weight is 340 g/mol. The van der Waals surface area contributed by atoms with Gasteiger partial charge in [0.1, 0.15) is 11.3 Å². The molecule has 0 aliphatic carbocycles. The third-order valence-corrected chi connectivity index (χ3v) is 3.87. The van der Waals surface area contributed by atoms with Crippen molar-refractivity contribution in [3.63, 3.8) is 0 Å². The Morgan fingerprint density at radius 3 is 2.60 bits per heavy atom. The van der Waals surface area contributed by atoms with E-state index in [1.54, 1.807) is 12.1 Å². The van der Waals surface area contributed by atoms with E-state index in [1.807, 2.05) is 31.2 Å². The summed E-state index contributed by atoms with van der Waals surface area (Å²) < 4.78 is 10.5. The Bertz CT molecular complexity index is 989. The molecule has 3 aromatic rings. The lowest BCUT2D eigenvalue weighted by atomic mass is 9.98. The van der Waals surface area contributed by atoms with Gasteiger partial charge in [-0.25, -0.2) is 9.59 Å². The number of aryl methyl sites for hydroxylation is 1. The third-order valence-electron chi connectivity index (χ3n) is 3.87. The van der Waals surface area contributed by atoms with Gasteiger partial charge in [-0.15, -0.1) is 0 Å². The normalized spacial score (nSPS) is 12.1. The van der Waals surface area contributed by atoms with Crippen LogP contribution in [0.5, 0.6) is 5.75 Å². The second-order valence-corrected chi connectivity index (χ2v) is 5.58. The number of hydrogen-bond donors (Lipinski definition) is 2. The van der Waals surface area contributed by atoms with Gasteiger partial charge in [-0.2, -0.15) is 0 Å². The molecule has 1 heterocycles. The van der Waals surface area contributed by atoms with Crippen LogP contribution in [-0.2, 0) is 4.79 Å². The average Bonchev–Trinajstić information content (AvgIpc) is 2.58. The molecule has 0 saturated heterocycles.